The van der Waals surface area contributed by atoms with Crippen LogP contribution in [0.25, 0.3) is 11.2 Å². The summed E-state index contributed by atoms with van der Waals surface area (Å²) in [6.07, 6.45) is 0.0804. The van der Waals surface area contributed by atoms with Crippen LogP contribution in [0.3, 0.4) is 0 Å². The van der Waals surface area contributed by atoms with Gasteiger partial charge in [0.05, 0.1) is 19.1 Å². The standard InChI is InChI=1S/C24H24N6O5/c31-11-18-20(32)21(33)24(35-18)30-14-27-19-22(25-13-26-23(19)30)29-28-10-16-7-4-8-17(9-16)34-12-15-5-2-1-3-6-15/h1-10,13-14,18,20-21,24,31-33H,11-12H2,(H,25,26,29)/b28-10+/t18-,20?,21?,24-/m1/s1. The van der Waals surface area contributed by atoms with Crippen LogP contribution in [0.5, 0.6) is 5.75 Å². The molecule has 1 saturated heterocycles. The van der Waals surface area contributed by atoms with E-state index >= 15 is 0 Å². The van der Waals surface area contributed by atoms with Gasteiger partial charge in [0.25, 0.3) is 0 Å². The van der Waals surface area contributed by atoms with Gasteiger partial charge in [0, 0.05) is 0 Å². The van der Waals surface area contributed by atoms with E-state index in [1.165, 1.54) is 17.2 Å². The van der Waals surface area contributed by atoms with Crippen molar-refractivity contribution in [1.82, 2.24) is 19.5 Å². The number of fused-ring (bicyclic) bond motifs is 1. The van der Waals surface area contributed by atoms with Crippen molar-refractivity contribution in [3.05, 3.63) is 78.4 Å². The summed E-state index contributed by atoms with van der Waals surface area (Å²) >= 11 is 0. The highest BCUT2D eigenvalue weighted by Gasteiger charge is 2.44. The van der Waals surface area contributed by atoms with E-state index in [1.807, 2.05) is 54.6 Å². The maximum Gasteiger partial charge on any atom is 0.177 e. The van der Waals surface area contributed by atoms with Crippen LogP contribution in [0.2, 0.25) is 0 Å². The first-order chi connectivity index (χ1) is 17.1. The molecular weight excluding hydrogens is 452 g/mol. The quantitative estimate of drug-likeness (QED) is 0.219. The van der Waals surface area contributed by atoms with Gasteiger partial charge < -0.3 is 24.8 Å². The third-order valence-corrected chi connectivity index (χ3v) is 5.64. The second-order valence-corrected chi connectivity index (χ2v) is 7.99. The van der Waals surface area contributed by atoms with Gasteiger partial charge >= 0.3 is 0 Å². The number of benzene rings is 2. The summed E-state index contributed by atoms with van der Waals surface area (Å²) in [5.41, 5.74) is 5.56. The molecule has 4 aromatic rings. The number of imidazole rings is 1. The van der Waals surface area contributed by atoms with E-state index in [0.717, 1.165) is 16.9 Å². The lowest BCUT2D eigenvalue weighted by Gasteiger charge is -2.16. The molecule has 0 radical (unpaired) electrons. The molecule has 4 atom stereocenters. The first-order valence-electron chi connectivity index (χ1n) is 11.0. The number of aromatic nitrogens is 4. The largest absolute Gasteiger partial charge is 0.489 e. The Bertz CT molecular complexity index is 1310. The van der Waals surface area contributed by atoms with Gasteiger partial charge in [0.1, 0.15) is 37.0 Å². The maximum atomic E-state index is 10.3. The van der Waals surface area contributed by atoms with Gasteiger partial charge in [0.15, 0.2) is 23.2 Å². The van der Waals surface area contributed by atoms with Crippen LogP contribution in [0.15, 0.2) is 72.4 Å². The SMILES string of the molecule is OC[C@H]1O[C@@H](n2cnc3c(N/N=C/c4cccc(OCc5ccccc5)c4)ncnc32)C(O)C1O. The molecule has 11 heteroatoms. The predicted molar refractivity (Wildman–Crippen MR) is 127 cm³/mol. The van der Waals surface area contributed by atoms with Crippen LogP contribution >= 0.6 is 0 Å². The van der Waals surface area contributed by atoms with Crippen molar-refractivity contribution in [3.63, 3.8) is 0 Å². The second kappa shape index (κ2) is 10.2. The van der Waals surface area contributed by atoms with Crippen LogP contribution in [-0.2, 0) is 11.3 Å². The summed E-state index contributed by atoms with van der Waals surface area (Å²) < 4.78 is 12.9. The number of hydrogen-bond donors (Lipinski definition) is 4. The van der Waals surface area contributed by atoms with Crippen molar-refractivity contribution < 1.29 is 24.8 Å². The Morgan fingerprint density at radius 2 is 1.91 bits per heavy atom. The number of aliphatic hydroxyl groups is 3. The van der Waals surface area contributed by atoms with Gasteiger partial charge in [-0.2, -0.15) is 5.10 Å². The normalized spacial score (nSPS) is 22.1. The number of ether oxygens (including phenoxy) is 2. The highest BCUT2D eigenvalue weighted by Crippen LogP contribution is 2.32. The number of aliphatic hydroxyl groups excluding tert-OH is 3. The van der Waals surface area contributed by atoms with E-state index in [4.69, 9.17) is 9.47 Å². The van der Waals surface area contributed by atoms with E-state index < -0.39 is 31.1 Å². The Labute approximate surface area is 200 Å². The highest BCUT2D eigenvalue weighted by molar-refractivity contribution is 5.85. The van der Waals surface area contributed by atoms with Crippen LogP contribution in [0.1, 0.15) is 17.4 Å². The molecule has 1 aliphatic heterocycles. The number of hydrogen-bond acceptors (Lipinski definition) is 10. The minimum atomic E-state index is -1.25. The Kier molecular flexibility index (Phi) is 6.64. The average molecular weight is 476 g/mol. The molecule has 0 spiro atoms. The minimum Gasteiger partial charge on any atom is -0.489 e. The fourth-order valence-corrected chi connectivity index (χ4v) is 3.82. The molecular formula is C24H24N6O5. The van der Waals surface area contributed by atoms with E-state index in [9.17, 15) is 15.3 Å². The number of anilines is 1. The van der Waals surface area contributed by atoms with Crippen LogP contribution in [-0.4, -0.2) is 66.0 Å². The first-order valence-corrected chi connectivity index (χ1v) is 11.0. The van der Waals surface area contributed by atoms with Crippen molar-refractivity contribution in [1.29, 1.82) is 0 Å². The minimum absolute atomic E-state index is 0.355. The molecule has 3 heterocycles. The molecule has 2 aromatic carbocycles. The van der Waals surface area contributed by atoms with Crippen molar-refractivity contribution in [2.45, 2.75) is 31.1 Å². The molecule has 1 fully saturated rings. The summed E-state index contributed by atoms with van der Waals surface area (Å²) in [6.45, 7) is 0.0487. The molecule has 4 N–H and O–H groups in total. The van der Waals surface area contributed by atoms with Crippen molar-refractivity contribution in [3.8, 4) is 5.75 Å². The molecule has 35 heavy (non-hydrogen) atoms. The van der Waals surface area contributed by atoms with Gasteiger partial charge in [-0.25, -0.2) is 15.0 Å². The Balaban J connectivity index is 1.28. The van der Waals surface area contributed by atoms with Crippen LogP contribution in [0.4, 0.5) is 5.82 Å². The lowest BCUT2D eigenvalue weighted by Crippen LogP contribution is -2.33. The fraction of sp³-hybridized carbons (Fsp3) is 0.250. The van der Waals surface area contributed by atoms with Crippen molar-refractivity contribution in [2.24, 2.45) is 5.10 Å². The summed E-state index contributed by atoms with van der Waals surface area (Å²) in [5.74, 6) is 1.08. The highest BCUT2D eigenvalue weighted by atomic mass is 16.6. The summed E-state index contributed by atoms with van der Waals surface area (Å²) in [6, 6.07) is 17.5. The predicted octanol–water partition coefficient (Wildman–Crippen LogP) is 1.46. The van der Waals surface area contributed by atoms with E-state index in [2.05, 4.69) is 25.5 Å². The lowest BCUT2D eigenvalue weighted by molar-refractivity contribution is -0.0511. The van der Waals surface area contributed by atoms with Crippen molar-refractivity contribution in [2.75, 3.05) is 12.0 Å². The number of nitrogens with zero attached hydrogens (tertiary/aromatic N) is 5. The molecule has 2 aromatic heterocycles. The lowest BCUT2D eigenvalue weighted by atomic mass is 10.1. The molecule has 0 saturated carbocycles. The fourth-order valence-electron chi connectivity index (χ4n) is 3.82. The molecule has 11 nitrogen and oxygen atoms in total. The molecule has 180 valence electrons. The Morgan fingerprint density at radius 3 is 2.71 bits per heavy atom. The summed E-state index contributed by atoms with van der Waals surface area (Å²) in [5, 5.41) is 34.0. The van der Waals surface area contributed by atoms with Crippen molar-refractivity contribution >= 4 is 23.2 Å². The molecule has 2 unspecified atom stereocenters. The van der Waals surface area contributed by atoms with E-state index in [1.54, 1.807) is 6.21 Å². The third kappa shape index (κ3) is 4.84. The molecule has 0 bridgehead atoms. The zero-order chi connectivity index (χ0) is 24.2. The topological polar surface area (TPSA) is 147 Å². The summed E-state index contributed by atoms with van der Waals surface area (Å²) in [4.78, 5) is 12.7. The van der Waals surface area contributed by atoms with Gasteiger partial charge in [-0.15, -0.1) is 0 Å². The average Bonchev–Trinajstić information content (AvgIpc) is 3.45. The van der Waals surface area contributed by atoms with Gasteiger partial charge in [0.2, 0.25) is 0 Å². The smallest absolute Gasteiger partial charge is 0.177 e. The second-order valence-electron chi connectivity index (χ2n) is 7.99. The van der Waals surface area contributed by atoms with Crippen LogP contribution < -0.4 is 10.2 Å². The zero-order valence-corrected chi connectivity index (χ0v) is 18.5. The maximum absolute atomic E-state index is 10.3. The Morgan fingerprint density at radius 1 is 1.06 bits per heavy atom. The monoisotopic (exact) mass is 476 g/mol. The van der Waals surface area contributed by atoms with E-state index in [0.29, 0.717) is 23.6 Å². The Hall–Kier alpha value is -3.90. The first kappa shape index (κ1) is 22.9. The van der Waals surface area contributed by atoms with E-state index in [-0.39, 0.29) is 0 Å². The number of rotatable bonds is 8. The van der Waals surface area contributed by atoms with Gasteiger partial charge in [-0.1, -0.05) is 42.5 Å². The van der Waals surface area contributed by atoms with Gasteiger partial charge in [-0.05, 0) is 23.3 Å². The van der Waals surface area contributed by atoms with Gasteiger partial charge in [-0.3, -0.25) is 9.99 Å². The third-order valence-electron chi connectivity index (χ3n) is 5.64. The number of hydrazone groups is 1. The zero-order valence-electron chi connectivity index (χ0n) is 18.5. The molecule has 1 aliphatic rings. The molecule has 0 aliphatic carbocycles. The molecule has 0 amide bonds. The molecule has 5 rings (SSSR count). The summed E-state index contributed by atoms with van der Waals surface area (Å²) in [7, 11) is 0. The number of nitrogens with one attached hydrogen (secondary N) is 1. The van der Waals surface area contributed by atoms with Crippen LogP contribution in [0, 0.1) is 0 Å².